The molecule has 0 unspecified atom stereocenters. The molecule has 1 aromatic rings. The molecule has 1 amide bonds. The Morgan fingerprint density at radius 3 is 2.61 bits per heavy atom. The maximum absolute atomic E-state index is 11.8. The molecule has 3 N–H and O–H groups in total. The van der Waals surface area contributed by atoms with Crippen molar-refractivity contribution >= 4 is 35.8 Å². The summed E-state index contributed by atoms with van der Waals surface area (Å²) in [7, 11) is 1.80. The Kier molecular flexibility index (Phi) is 12.1. The Hall–Kier alpha value is -1.42. The molecular formula is C20H35IN6O. The number of guanidine groups is 1. The van der Waals surface area contributed by atoms with E-state index >= 15 is 0 Å². The minimum atomic E-state index is 0. The molecule has 1 aromatic heterocycles. The van der Waals surface area contributed by atoms with Crippen LogP contribution in [-0.4, -0.2) is 67.6 Å². The number of nitrogens with one attached hydrogen (secondary N) is 3. The van der Waals surface area contributed by atoms with E-state index in [2.05, 4.69) is 43.8 Å². The zero-order valence-corrected chi connectivity index (χ0v) is 19.7. The Morgan fingerprint density at radius 1 is 1.25 bits per heavy atom. The van der Waals surface area contributed by atoms with Crippen molar-refractivity contribution in [2.75, 3.05) is 39.8 Å². The largest absolute Gasteiger partial charge is 0.356 e. The molecule has 1 fully saturated rings. The lowest BCUT2D eigenvalue weighted by Gasteiger charge is -2.32. The monoisotopic (exact) mass is 502 g/mol. The molecule has 0 bridgehead atoms. The van der Waals surface area contributed by atoms with Gasteiger partial charge in [0.25, 0.3) is 0 Å². The lowest BCUT2D eigenvalue weighted by atomic mass is 10.1. The second-order valence-corrected chi connectivity index (χ2v) is 7.10. The van der Waals surface area contributed by atoms with Gasteiger partial charge in [-0.05, 0) is 44.2 Å². The summed E-state index contributed by atoms with van der Waals surface area (Å²) in [5.41, 5.74) is 2.26. The first-order chi connectivity index (χ1) is 13.1. The number of piperidine rings is 1. The Labute approximate surface area is 186 Å². The van der Waals surface area contributed by atoms with Crippen molar-refractivity contribution in [3.05, 3.63) is 29.6 Å². The van der Waals surface area contributed by atoms with E-state index in [0.29, 0.717) is 12.6 Å². The fourth-order valence-electron chi connectivity index (χ4n) is 3.12. The van der Waals surface area contributed by atoms with Gasteiger partial charge in [-0.25, -0.2) is 0 Å². The molecule has 158 valence electrons. The minimum absolute atomic E-state index is 0. The van der Waals surface area contributed by atoms with Crippen molar-refractivity contribution in [3.63, 3.8) is 0 Å². The van der Waals surface area contributed by atoms with E-state index in [1.165, 1.54) is 5.56 Å². The number of hydrogen-bond acceptors (Lipinski definition) is 4. The van der Waals surface area contributed by atoms with Crippen LogP contribution in [0.1, 0.15) is 37.4 Å². The van der Waals surface area contributed by atoms with Gasteiger partial charge in [0.05, 0.1) is 6.54 Å². The van der Waals surface area contributed by atoms with Gasteiger partial charge >= 0.3 is 0 Å². The van der Waals surface area contributed by atoms with Crippen LogP contribution in [0.15, 0.2) is 23.3 Å². The SMILES string of the molecule is CCCNC(=O)CN1CCC(NC(=NC)NCCc2ccc(C)nc2)CC1.I. The quantitative estimate of drug-likeness (QED) is 0.287. The van der Waals surface area contributed by atoms with Crippen molar-refractivity contribution in [2.45, 2.75) is 45.6 Å². The molecule has 0 aliphatic carbocycles. The number of carbonyl (C=O) groups is 1. The third-order valence-electron chi connectivity index (χ3n) is 4.77. The summed E-state index contributed by atoms with van der Waals surface area (Å²) in [6, 6.07) is 4.55. The van der Waals surface area contributed by atoms with E-state index in [1.54, 1.807) is 7.05 Å². The summed E-state index contributed by atoms with van der Waals surface area (Å²) in [5.74, 6) is 0.973. The molecule has 28 heavy (non-hydrogen) atoms. The maximum atomic E-state index is 11.8. The second kappa shape index (κ2) is 13.7. The van der Waals surface area contributed by atoms with Crippen LogP contribution in [-0.2, 0) is 11.2 Å². The molecule has 7 nitrogen and oxygen atoms in total. The van der Waals surface area contributed by atoms with Crippen LogP contribution in [0.4, 0.5) is 0 Å². The molecule has 0 saturated carbocycles. The highest BCUT2D eigenvalue weighted by Gasteiger charge is 2.21. The standard InChI is InChI=1S/C20H34N6O.HI/c1-4-10-22-19(27)15-26-12-8-18(9-13-26)25-20(21-3)23-11-7-17-6-5-16(2)24-14-17;/h5-6,14,18H,4,7-13,15H2,1-3H3,(H,22,27)(H2,21,23,25);1H. The number of pyridine rings is 1. The maximum Gasteiger partial charge on any atom is 0.234 e. The van der Waals surface area contributed by atoms with Gasteiger partial charge in [0.2, 0.25) is 5.91 Å². The number of aryl methyl sites for hydroxylation is 1. The minimum Gasteiger partial charge on any atom is -0.356 e. The van der Waals surface area contributed by atoms with E-state index < -0.39 is 0 Å². The highest BCUT2D eigenvalue weighted by atomic mass is 127. The van der Waals surface area contributed by atoms with Gasteiger partial charge in [-0.3, -0.25) is 19.7 Å². The smallest absolute Gasteiger partial charge is 0.234 e. The van der Waals surface area contributed by atoms with Gasteiger partial charge < -0.3 is 16.0 Å². The van der Waals surface area contributed by atoms with E-state index in [4.69, 9.17) is 0 Å². The first-order valence-corrected chi connectivity index (χ1v) is 9.98. The van der Waals surface area contributed by atoms with E-state index in [9.17, 15) is 4.79 Å². The number of hydrogen-bond donors (Lipinski definition) is 3. The number of halogens is 1. The number of rotatable bonds is 8. The van der Waals surface area contributed by atoms with Crippen LogP contribution < -0.4 is 16.0 Å². The lowest BCUT2D eigenvalue weighted by Crippen LogP contribution is -2.50. The Morgan fingerprint density at radius 2 is 2.00 bits per heavy atom. The molecule has 0 aromatic carbocycles. The number of aromatic nitrogens is 1. The fourth-order valence-corrected chi connectivity index (χ4v) is 3.12. The first kappa shape index (κ1) is 24.6. The molecule has 1 aliphatic rings. The van der Waals surface area contributed by atoms with Crippen molar-refractivity contribution in [1.29, 1.82) is 0 Å². The number of amides is 1. The van der Waals surface area contributed by atoms with Crippen molar-refractivity contribution in [3.8, 4) is 0 Å². The highest BCUT2D eigenvalue weighted by Crippen LogP contribution is 2.09. The third-order valence-corrected chi connectivity index (χ3v) is 4.77. The molecule has 1 aliphatic heterocycles. The Bertz CT molecular complexity index is 599. The van der Waals surface area contributed by atoms with Gasteiger partial charge in [-0.15, -0.1) is 24.0 Å². The molecule has 2 rings (SSSR count). The first-order valence-electron chi connectivity index (χ1n) is 9.98. The van der Waals surface area contributed by atoms with Crippen molar-refractivity contribution in [2.24, 2.45) is 4.99 Å². The molecular weight excluding hydrogens is 467 g/mol. The van der Waals surface area contributed by atoms with Crippen LogP contribution in [0.25, 0.3) is 0 Å². The second-order valence-electron chi connectivity index (χ2n) is 7.10. The molecule has 0 spiro atoms. The average molecular weight is 502 g/mol. The zero-order chi connectivity index (χ0) is 19.5. The molecule has 1 saturated heterocycles. The highest BCUT2D eigenvalue weighted by molar-refractivity contribution is 14.0. The van der Waals surface area contributed by atoms with Gasteiger partial charge in [0.15, 0.2) is 5.96 Å². The van der Waals surface area contributed by atoms with E-state index in [0.717, 1.165) is 63.5 Å². The fraction of sp³-hybridized carbons (Fsp3) is 0.650. The summed E-state index contributed by atoms with van der Waals surface area (Å²) in [6.07, 6.45) is 5.86. The van der Waals surface area contributed by atoms with Crippen LogP contribution in [0.2, 0.25) is 0 Å². The topological polar surface area (TPSA) is 81.7 Å². The molecule has 0 atom stereocenters. The summed E-state index contributed by atoms with van der Waals surface area (Å²) >= 11 is 0. The summed E-state index contributed by atoms with van der Waals surface area (Å²) < 4.78 is 0. The lowest BCUT2D eigenvalue weighted by molar-refractivity contribution is -0.122. The van der Waals surface area contributed by atoms with Crippen molar-refractivity contribution < 1.29 is 4.79 Å². The normalized spacial score (nSPS) is 15.6. The van der Waals surface area contributed by atoms with Gasteiger partial charge in [-0.2, -0.15) is 0 Å². The average Bonchev–Trinajstić information content (AvgIpc) is 2.68. The summed E-state index contributed by atoms with van der Waals surface area (Å²) in [6.45, 7) is 8.02. The third kappa shape index (κ3) is 9.18. The van der Waals surface area contributed by atoms with Crippen LogP contribution in [0.3, 0.4) is 0 Å². The number of aliphatic imine (C=N–C) groups is 1. The predicted octanol–water partition coefficient (Wildman–Crippen LogP) is 1.71. The van der Waals surface area contributed by atoms with E-state index in [-0.39, 0.29) is 29.9 Å². The van der Waals surface area contributed by atoms with E-state index in [1.807, 2.05) is 19.2 Å². The summed E-state index contributed by atoms with van der Waals surface area (Å²) in [5, 5.41) is 9.83. The number of nitrogens with zero attached hydrogens (tertiary/aromatic N) is 3. The van der Waals surface area contributed by atoms with Gasteiger partial charge in [0.1, 0.15) is 0 Å². The summed E-state index contributed by atoms with van der Waals surface area (Å²) in [4.78, 5) is 22.7. The Balaban J connectivity index is 0.00000392. The van der Waals surface area contributed by atoms with Crippen LogP contribution in [0.5, 0.6) is 0 Å². The van der Waals surface area contributed by atoms with Gasteiger partial charge in [-0.1, -0.05) is 13.0 Å². The molecule has 8 heteroatoms. The molecule has 2 heterocycles. The number of likely N-dealkylation sites (tertiary alicyclic amines) is 1. The van der Waals surface area contributed by atoms with Crippen LogP contribution in [0, 0.1) is 6.92 Å². The number of carbonyl (C=O) groups excluding carboxylic acids is 1. The predicted molar refractivity (Wildman–Crippen MR) is 125 cm³/mol. The van der Waals surface area contributed by atoms with Gasteiger partial charge in [0, 0.05) is 51.2 Å². The zero-order valence-electron chi connectivity index (χ0n) is 17.3. The van der Waals surface area contributed by atoms with Crippen LogP contribution >= 0.6 is 24.0 Å². The molecule has 0 radical (unpaired) electrons. The van der Waals surface area contributed by atoms with Crippen molar-refractivity contribution in [1.82, 2.24) is 25.8 Å².